The first-order valence-electron chi connectivity index (χ1n) is 8.45. The Balaban J connectivity index is 1.85. The third kappa shape index (κ3) is 5.33. The molecule has 1 aliphatic heterocycles. The van der Waals surface area contributed by atoms with Gasteiger partial charge in [0.05, 0.1) is 0 Å². The number of nitrogens with one attached hydrogen (secondary N) is 1. The molecule has 1 heterocycles. The fourth-order valence-corrected chi connectivity index (χ4v) is 2.92. The van der Waals surface area contributed by atoms with Crippen LogP contribution in [0, 0.1) is 6.92 Å². The number of aryl methyl sites for hydroxylation is 1. The van der Waals surface area contributed by atoms with Crippen molar-refractivity contribution in [2.45, 2.75) is 46.1 Å². The normalized spacial score (nSPS) is 16.1. The molecule has 0 spiro atoms. The van der Waals surface area contributed by atoms with E-state index in [1.165, 1.54) is 43.5 Å². The summed E-state index contributed by atoms with van der Waals surface area (Å²) in [5.74, 6) is 1.08. The predicted molar refractivity (Wildman–Crippen MR) is 89.0 cm³/mol. The molecule has 1 N–H and O–H groups in total. The Kier molecular flexibility index (Phi) is 7.04. The van der Waals surface area contributed by atoms with Crippen LogP contribution in [0.1, 0.15) is 43.7 Å². The molecule has 0 atom stereocenters. The van der Waals surface area contributed by atoms with Gasteiger partial charge in [-0.3, -0.25) is 4.90 Å². The summed E-state index contributed by atoms with van der Waals surface area (Å²) in [6, 6.07) is 6.43. The van der Waals surface area contributed by atoms with E-state index in [0.29, 0.717) is 0 Å². The van der Waals surface area contributed by atoms with E-state index in [-0.39, 0.29) is 0 Å². The number of benzene rings is 1. The number of nitrogens with zero attached hydrogens (tertiary/aromatic N) is 1. The van der Waals surface area contributed by atoms with E-state index in [9.17, 15) is 0 Å². The number of hydrogen-bond donors (Lipinski definition) is 1. The lowest BCUT2D eigenvalue weighted by molar-refractivity contribution is 0.182. The molecule has 0 aliphatic carbocycles. The van der Waals surface area contributed by atoms with Gasteiger partial charge >= 0.3 is 0 Å². The zero-order chi connectivity index (χ0) is 14.9. The summed E-state index contributed by atoms with van der Waals surface area (Å²) in [5, 5.41) is 3.47. The van der Waals surface area contributed by atoms with Gasteiger partial charge in [0, 0.05) is 18.7 Å². The van der Waals surface area contributed by atoms with Crippen molar-refractivity contribution < 1.29 is 4.74 Å². The molecule has 21 heavy (non-hydrogen) atoms. The van der Waals surface area contributed by atoms with E-state index in [4.69, 9.17) is 4.74 Å². The Hall–Kier alpha value is -1.06. The molecule has 1 saturated heterocycles. The molecule has 118 valence electrons. The van der Waals surface area contributed by atoms with Crippen LogP contribution in [0.2, 0.25) is 0 Å². The SMILES string of the molecule is CCCNCc1cccc(C)c1OCCN1CCCCC1. The maximum absolute atomic E-state index is 6.12. The Morgan fingerprint density at radius 1 is 1.19 bits per heavy atom. The average Bonchev–Trinajstić information content (AvgIpc) is 2.51. The number of para-hydroxylation sites is 1. The molecule has 0 saturated carbocycles. The van der Waals surface area contributed by atoms with Crippen LogP contribution in [0.25, 0.3) is 0 Å². The molecular weight excluding hydrogens is 260 g/mol. The molecule has 3 nitrogen and oxygen atoms in total. The summed E-state index contributed by atoms with van der Waals surface area (Å²) >= 11 is 0. The Labute approximate surface area is 129 Å². The molecule has 3 heteroatoms. The van der Waals surface area contributed by atoms with E-state index < -0.39 is 0 Å². The Bertz CT molecular complexity index is 414. The minimum atomic E-state index is 0.797. The van der Waals surface area contributed by atoms with Gasteiger partial charge in [0.25, 0.3) is 0 Å². The summed E-state index contributed by atoms with van der Waals surface area (Å²) in [4.78, 5) is 2.52. The summed E-state index contributed by atoms with van der Waals surface area (Å²) < 4.78 is 6.12. The van der Waals surface area contributed by atoms with Crippen LogP contribution in [0.3, 0.4) is 0 Å². The summed E-state index contributed by atoms with van der Waals surface area (Å²) in [5.41, 5.74) is 2.52. The lowest BCUT2D eigenvalue weighted by atomic mass is 10.1. The molecule has 0 unspecified atom stereocenters. The van der Waals surface area contributed by atoms with Crippen molar-refractivity contribution in [2.75, 3.05) is 32.8 Å². The van der Waals surface area contributed by atoms with Gasteiger partial charge in [-0.25, -0.2) is 0 Å². The van der Waals surface area contributed by atoms with E-state index >= 15 is 0 Å². The van der Waals surface area contributed by atoms with Gasteiger partial charge in [-0.2, -0.15) is 0 Å². The topological polar surface area (TPSA) is 24.5 Å². The van der Waals surface area contributed by atoms with Crippen LogP contribution in [0.4, 0.5) is 0 Å². The van der Waals surface area contributed by atoms with Crippen molar-refractivity contribution in [3.8, 4) is 5.75 Å². The molecule has 1 fully saturated rings. The van der Waals surface area contributed by atoms with Gasteiger partial charge < -0.3 is 10.1 Å². The molecule has 0 amide bonds. The first-order chi connectivity index (χ1) is 10.3. The fourth-order valence-electron chi connectivity index (χ4n) is 2.92. The smallest absolute Gasteiger partial charge is 0.126 e. The van der Waals surface area contributed by atoms with E-state index in [1.54, 1.807) is 0 Å². The minimum Gasteiger partial charge on any atom is -0.492 e. The highest BCUT2D eigenvalue weighted by molar-refractivity contribution is 5.40. The van der Waals surface area contributed by atoms with Gasteiger partial charge in [-0.05, 0) is 51.4 Å². The summed E-state index contributed by atoms with van der Waals surface area (Å²) in [7, 11) is 0. The van der Waals surface area contributed by atoms with Crippen LogP contribution in [-0.2, 0) is 6.54 Å². The highest BCUT2D eigenvalue weighted by Gasteiger charge is 2.11. The van der Waals surface area contributed by atoms with Crippen molar-refractivity contribution in [1.82, 2.24) is 10.2 Å². The summed E-state index contributed by atoms with van der Waals surface area (Å²) in [6.07, 6.45) is 5.24. The Morgan fingerprint density at radius 3 is 2.76 bits per heavy atom. The predicted octanol–water partition coefficient (Wildman–Crippen LogP) is 3.36. The standard InChI is InChI=1S/C18H30N2O/c1-3-10-19-15-17-9-7-8-16(2)18(17)21-14-13-20-11-5-4-6-12-20/h7-9,19H,3-6,10-15H2,1-2H3. The number of rotatable bonds is 8. The number of hydrogen-bond acceptors (Lipinski definition) is 3. The van der Waals surface area contributed by atoms with Gasteiger partial charge in [-0.1, -0.05) is 31.5 Å². The molecular formula is C18H30N2O. The molecule has 2 rings (SSSR count). The van der Waals surface area contributed by atoms with Crippen molar-refractivity contribution in [3.63, 3.8) is 0 Å². The van der Waals surface area contributed by atoms with Crippen molar-refractivity contribution in [1.29, 1.82) is 0 Å². The van der Waals surface area contributed by atoms with Crippen LogP contribution < -0.4 is 10.1 Å². The molecule has 1 aliphatic rings. The van der Waals surface area contributed by atoms with Crippen molar-refractivity contribution in [3.05, 3.63) is 29.3 Å². The molecule has 1 aromatic carbocycles. The third-order valence-electron chi connectivity index (χ3n) is 4.14. The summed E-state index contributed by atoms with van der Waals surface area (Å²) in [6.45, 7) is 10.6. The number of piperidine rings is 1. The minimum absolute atomic E-state index is 0.797. The molecule has 0 radical (unpaired) electrons. The van der Waals surface area contributed by atoms with Crippen molar-refractivity contribution in [2.24, 2.45) is 0 Å². The van der Waals surface area contributed by atoms with E-state index in [1.807, 2.05) is 0 Å². The maximum Gasteiger partial charge on any atom is 0.126 e. The van der Waals surface area contributed by atoms with Crippen molar-refractivity contribution >= 4 is 0 Å². The first kappa shape index (κ1) is 16.3. The molecule has 0 bridgehead atoms. The van der Waals surface area contributed by atoms with Gasteiger partial charge in [-0.15, -0.1) is 0 Å². The maximum atomic E-state index is 6.12. The van der Waals surface area contributed by atoms with E-state index in [2.05, 4.69) is 42.3 Å². The lowest BCUT2D eigenvalue weighted by Crippen LogP contribution is -2.33. The van der Waals surface area contributed by atoms with Crippen LogP contribution in [-0.4, -0.2) is 37.7 Å². The average molecular weight is 290 g/mol. The lowest BCUT2D eigenvalue weighted by Gasteiger charge is -2.26. The zero-order valence-electron chi connectivity index (χ0n) is 13.7. The second-order valence-electron chi connectivity index (χ2n) is 5.99. The number of likely N-dealkylation sites (tertiary alicyclic amines) is 1. The van der Waals surface area contributed by atoms with E-state index in [0.717, 1.165) is 38.4 Å². The highest BCUT2D eigenvalue weighted by Crippen LogP contribution is 2.23. The first-order valence-corrected chi connectivity index (χ1v) is 8.45. The van der Waals surface area contributed by atoms with Gasteiger partial charge in [0.15, 0.2) is 0 Å². The zero-order valence-corrected chi connectivity index (χ0v) is 13.7. The fraction of sp³-hybridized carbons (Fsp3) is 0.667. The molecule has 1 aromatic rings. The monoisotopic (exact) mass is 290 g/mol. The third-order valence-corrected chi connectivity index (χ3v) is 4.14. The Morgan fingerprint density at radius 2 is 2.00 bits per heavy atom. The number of ether oxygens (including phenoxy) is 1. The second-order valence-corrected chi connectivity index (χ2v) is 5.99. The van der Waals surface area contributed by atoms with Gasteiger partial charge in [0.1, 0.15) is 12.4 Å². The van der Waals surface area contributed by atoms with Gasteiger partial charge in [0.2, 0.25) is 0 Å². The molecule has 0 aromatic heterocycles. The largest absolute Gasteiger partial charge is 0.492 e. The second kappa shape index (κ2) is 9.06. The quantitative estimate of drug-likeness (QED) is 0.743. The van der Waals surface area contributed by atoms with Crippen LogP contribution in [0.15, 0.2) is 18.2 Å². The highest BCUT2D eigenvalue weighted by atomic mass is 16.5. The van der Waals surface area contributed by atoms with Crippen LogP contribution >= 0.6 is 0 Å². The van der Waals surface area contributed by atoms with Crippen LogP contribution in [0.5, 0.6) is 5.75 Å².